The molecule has 45 heavy (non-hydrogen) atoms. The van der Waals surface area contributed by atoms with Crippen LogP contribution in [-0.2, 0) is 28.6 Å². The molecular weight excluding hydrogens is 670 g/mol. The fourth-order valence-corrected chi connectivity index (χ4v) is 7.67. The van der Waals surface area contributed by atoms with Crippen molar-refractivity contribution in [1.82, 2.24) is 20.4 Å². The Hall–Kier alpha value is -3.22. The number of ether oxygens (including phenoxy) is 3. The molecule has 3 heterocycles. The minimum Gasteiger partial charge on any atom is -0.435 e. The molecule has 3 unspecified atom stereocenters. The first-order valence-electron chi connectivity index (χ1n) is 13.4. The second-order valence-electron chi connectivity index (χ2n) is 9.64. The largest absolute Gasteiger partial charge is 0.511 e. The van der Waals surface area contributed by atoms with Gasteiger partial charge < -0.3 is 30.4 Å². The maximum absolute atomic E-state index is 13.4. The number of aliphatic hydroxyl groups is 1. The lowest BCUT2D eigenvalue weighted by molar-refractivity contribution is -0.169. The molecule has 2 aliphatic heterocycles. The zero-order chi connectivity index (χ0) is 32.1. The maximum atomic E-state index is 13.4. The first kappa shape index (κ1) is 36.3. The molecule has 0 radical (unpaired) electrons. The summed E-state index contributed by atoms with van der Waals surface area (Å²) in [7, 11) is 0. The molecule has 0 aliphatic carbocycles. The number of thioether (sulfide) groups is 2. The number of fused-ring (bicyclic) bond motifs is 1. The number of amides is 2. The monoisotopic (exact) mass is 701 g/mol. The summed E-state index contributed by atoms with van der Waals surface area (Å²) in [5, 5.41) is 21.5. The van der Waals surface area contributed by atoms with E-state index in [1.165, 1.54) is 65.7 Å². The highest BCUT2D eigenvalue weighted by atomic mass is 35.5. The number of carbonyl (C=O) groups excluding carboxylic acids is 5. The Bertz CT molecular complexity index is 1490. The summed E-state index contributed by atoms with van der Waals surface area (Å²) >= 11 is 4.03. The average Bonchev–Trinajstić information content (AvgIpc) is 3.41. The third kappa shape index (κ3) is 8.33. The Labute approximate surface area is 277 Å². The van der Waals surface area contributed by atoms with Gasteiger partial charge in [-0.3, -0.25) is 19.3 Å². The van der Waals surface area contributed by atoms with E-state index < -0.39 is 59.6 Å². The number of nitrogens with two attached hydrogens (primary N) is 1. The average molecular weight is 702 g/mol. The molecule has 2 aromatic rings. The smallest absolute Gasteiger partial charge is 0.435 e. The molecule has 1 aromatic heterocycles. The van der Waals surface area contributed by atoms with E-state index in [1.807, 2.05) is 6.92 Å². The SMILES string of the molecule is CCOC(=O)OC(C)OC(=O)C1=C(CSc2nnc(C)s2)CS[C@H]2C(NC(=O)C(O)c3ccccc3C(=O)[C@H](C)N)C(=O)N12.Cl. The van der Waals surface area contributed by atoms with Crippen LogP contribution in [0, 0.1) is 6.92 Å². The van der Waals surface area contributed by atoms with E-state index in [9.17, 15) is 29.1 Å². The standard InChI is InChI=1S/C27H31N5O9S3.ClH/c1-5-39-27(38)41-14(4)40-25(37)19-15(11-43-26-31-30-13(3)44-26)10-42-24-18(23(36)32(19)24)29-22(35)21(34)17-9-7-6-8-16(17)20(33)12(2)28;/h6-9,12,14,18,21,24,34H,5,10-11,28H2,1-4H3,(H,29,35);1H/t12-,14?,18?,21?,24-;/m0./s1. The van der Waals surface area contributed by atoms with Gasteiger partial charge in [0.05, 0.1) is 12.6 Å². The molecule has 0 saturated carbocycles. The molecule has 14 nitrogen and oxygen atoms in total. The van der Waals surface area contributed by atoms with Gasteiger partial charge in [-0.1, -0.05) is 47.4 Å². The maximum Gasteiger partial charge on any atom is 0.511 e. The van der Waals surface area contributed by atoms with Gasteiger partial charge >= 0.3 is 12.1 Å². The minimum atomic E-state index is -1.76. The van der Waals surface area contributed by atoms with Crippen LogP contribution in [0.5, 0.6) is 0 Å². The van der Waals surface area contributed by atoms with Gasteiger partial charge in [-0.25, -0.2) is 9.59 Å². The fraction of sp³-hybridized carbons (Fsp3) is 0.444. The van der Waals surface area contributed by atoms with E-state index in [0.717, 1.165) is 5.01 Å². The van der Waals surface area contributed by atoms with Crippen molar-refractivity contribution in [2.75, 3.05) is 18.1 Å². The Morgan fingerprint density at radius 3 is 2.56 bits per heavy atom. The van der Waals surface area contributed by atoms with Crippen LogP contribution in [-0.4, -0.2) is 91.8 Å². The van der Waals surface area contributed by atoms with Crippen LogP contribution in [0.1, 0.15) is 47.8 Å². The summed E-state index contributed by atoms with van der Waals surface area (Å²) in [4.78, 5) is 65.3. The molecule has 244 valence electrons. The molecule has 1 aromatic carbocycles. The van der Waals surface area contributed by atoms with Crippen LogP contribution in [0.4, 0.5) is 4.79 Å². The van der Waals surface area contributed by atoms with Crippen LogP contribution >= 0.6 is 47.3 Å². The van der Waals surface area contributed by atoms with Gasteiger partial charge in [0.25, 0.3) is 11.8 Å². The first-order valence-corrected chi connectivity index (χ1v) is 16.3. The topological polar surface area (TPSA) is 200 Å². The zero-order valence-electron chi connectivity index (χ0n) is 24.6. The Morgan fingerprint density at radius 2 is 1.91 bits per heavy atom. The van der Waals surface area contributed by atoms with Gasteiger partial charge in [-0.05, 0) is 26.3 Å². The number of carbonyl (C=O) groups is 5. The van der Waals surface area contributed by atoms with Gasteiger partial charge in [-0.15, -0.1) is 34.4 Å². The van der Waals surface area contributed by atoms with E-state index in [4.69, 9.17) is 19.9 Å². The molecule has 1 saturated heterocycles. The molecule has 2 aliphatic rings. The normalized spacial score (nSPS) is 19.2. The minimum absolute atomic E-state index is 0. The molecule has 5 atom stereocenters. The Morgan fingerprint density at radius 1 is 1.20 bits per heavy atom. The number of aromatic nitrogens is 2. The molecular formula is C27H32ClN5O9S3. The second-order valence-corrected chi connectivity index (χ2v) is 13.1. The van der Waals surface area contributed by atoms with Crippen LogP contribution in [0.15, 0.2) is 39.9 Å². The van der Waals surface area contributed by atoms with Crippen LogP contribution in [0.3, 0.4) is 0 Å². The first-order chi connectivity index (χ1) is 20.9. The van der Waals surface area contributed by atoms with E-state index in [2.05, 4.69) is 15.5 Å². The summed E-state index contributed by atoms with van der Waals surface area (Å²) in [6, 6.07) is 4.12. The van der Waals surface area contributed by atoms with Gasteiger partial charge in [0.2, 0.25) is 6.29 Å². The van der Waals surface area contributed by atoms with Crippen molar-refractivity contribution in [1.29, 1.82) is 0 Å². The highest BCUT2D eigenvalue weighted by molar-refractivity contribution is 8.01. The number of nitrogens with one attached hydrogen (secondary N) is 1. The zero-order valence-corrected chi connectivity index (χ0v) is 27.8. The summed E-state index contributed by atoms with van der Waals surface area (Å²) in [5.41, 5.74) is 6.40. The summed E-state index contributed by atoms with van der Waals surface area (Å²) in [6.45, 7) is 6.30. The van der Waals surface area contributed by atoms with E-state index in [-0.39, 0.29) is 41.6 Å². The molecule has 18 heteroatoms. The lowest BCUT2D eigenvalue weighted by Crippen LogP contribution is -2.71. The van der Waals surface area contributed by atoms with Gasteiger partial charge in [0.1, 0.15) is 22.1 Å². The fourth-order valence-electron chi connectivity index (χ4n) is 4.36. The van der Waals surface area contributed by atoms with Crippen molar-refractivity contribution in [2.45, 2.75) is 61.9 Å². The summed E-state index contributed by atoms with van der Waals surface area (Å²) < 4.78 is 15.7. The van der Waals surface area contributed by atoms with Crippen molar-refractivity contribution in [3.8, 4) is 0 Å². The molecule has 0 bridgehead atoms. The van der Waals surface area contributed by atoms with E-state index >= 15 is 0 Å². The third-order valence-corrected chi connectivity index (χ3v) is 9.79. The predicted octanol–water partition coefficient (Wildman–Crippen LogP) is 2.34. The molecule has 2 amide bonds. The summed E-state index contributed by atoms with van der Waals surface area (Å²) in [5.74, 6) is -2.27. The highest BCUT2D eigenvalue weighted by Crippen LogP contribution is 2.42. The number of benzene rings is 1. The Kier molecular flexibility index (Phi) is 12.8. The lowest BCUT2D eigenvalue weighted by atomic mass is 9.95. The lowest BCUT2D eigenvalue weighted by Gasteiger charge is -2.50. The number of hydrogen-bond donors (Lipinski definition) is 3. The second kappa shape index (κ2) is 15.9. The van der Waals surface area contributed by atoms with Crippen LogP contribution in [0.2, 0.25) is 0 Å². The van der Waals surface area contributed by atoms with Crippen molar-refractivity contribution >= 4 is 77.0 Å². The number of rotatable bonds is 12. The number of aryl methyl sites for hydroxylation is 1. The number of ketones is 1. The van der Waals surface area contributed by atoms with E-state index in [0.29, 0.717) is 15.7 Å². The van der Waals surface area contributed by atoms with Crippen molar-refractivity contribution in [3.05, 3.63) is 51.7 Å². The number of nitrogens with zero attached hydrogens (tertiary/aromatic N) is 3. The number of aliphatic hydroxyl groups excluding tert-OH is 1. The predicted molar refractivity (Wildman–Crippen MR) is 168 cm³/mol. The molecule has 4 rings (SSSR count). The molecule has 0 spiro atoms. The summed E-state index contributed by atoms with van der Waals surface area (Å²) in [6.07, 6.45) is -4.10. The Balaban J connectivity index is 0.00000552. The van der Waals surface area contributed by atoms with Crippen molar-refractivity contribution < 1.29 is 43.3 Å². The number of Topliss-reactive ketones (excluding diaryl/α,β-unsaturated/α-hetero) is 1. The van der Waals surface area contributed by atoms with Crippen LogP contribution < -0.4 is 11.1 Å². The number of esters is 1. The van der Waals surface area contributed by atoms with Crippen molar-refractivity contribution in [3.63, 3.8) is 0 Å². The van der Waals surface area contributed by atoms with E-state index in [1.54, 1.807) is 19.1 Å². The quantitative estimate of drug-likeness (QED) is 0.0957. The number of β-lactam (4-membered cyclic amide) rings is 1. The number of hydrogen-bond acceptors (Lipinski definition) is 15. The molecule has 1 fully saturated rings. The van der Waals surface area contributed by atoms with Crippen LogP contribution in [0.25, 0.3) is 0 Å². The van der Waals surface area contributed by atoms with Gasteiger partial charge in [0, 0.05) is 29.6 Å². The van der Waals surface area contributed by atoms with Gasteiger partial charge in [0.15, 0.2) is 16.2 Å². The van der Waals surface area contributed by atoms with Gasteiger partial charge in [-0.2, -0.15) is 0 Å². The highest BCUT2D eigenvalue weighted by Gasteiger charge is 2.55. The number of halogens is 1. The third-order valence-electron chi connectivity index (χ3n) is 6.40. The van der Waals surface area contributed by atoms with Crippen molar-refractivity contribution in [2.24, 2.45) is 5.73 Å². The molecule has 4 N–H and O–H groups in total.